The van der Waals surface area contributed by atoms with E-state index in [1.807, 2.05) is 12.1 Å². The number of benzene rings is 1. The fourth-order valence-corrected chi connectivity index (χ4v) is 3.10. The van der Waals surface area contributed by atoms with Gasteiger partial charge in [-0.2, -0.15) is 0 Å². The Morgan fingerprint density at radius 1 is 1.24 bits per heavy atom. The number of rotatable bonds is 3. The first-order chi connectivity index (χ1) is 10.1. The molecule has 0 saturated carbocycles. The SMILES string of the molecule is CN1CCC(c2cccc(NC3CC(=O)NC3=O)c2)CC1. The lowest BCUT2D eigenvalue weighted by atomic mass is 9.89. The monoisotopic (exact) mass is 287 g/mol. The average Bonchev–Trinajstić information content (AvgIpc) is 2.78. The van der Waals surface area contributed by atoms with Crippen LogP contribution >= 0.6 is 0 Å². The molecule has 2 aliphatic heterocycles. The molecule has 0 radical (unpaired) electrons. The first-order valence-electron chi connectivity index (χ1n) is 7.50. The summed E-state index contributed by atoms with van der Waals surface area (Å²) in [4.78, 5) is 25.2. The molecule has 0 bridgehead atoms. The van der Waals surface area contributed by atoms with Gasteiger partial charge >= 0.3 is 0 Å². The zero-order valence-electron chi connectivity index (χ0n) is 12.3. The van der Waals surface area contributed by atoms with Crippen molar-refractivity contribution in [3.8, 4) is 0 Å². The molecule has 3 rings (SSSR count). The number of carbonyl (C=O) groups is 2. The molecule has 5 nitrogen and oxygen atoms in total. The minimum atomic E-state index is -0.440. The topological polar surface area (TPSA) is 61.4 Å². The number of nitrogens with zero attached hydrogens (tertiary/aromatic N) is 1. The van der Waals surface area contributed by atoms with E-state index >= 15 is 0 Å². The van der Waals surface area contributed by atoms with Gasteiger partial charge in [0.2, 0.25) is 11.8 Å². The van der Waals surface area contributed by atoms with Crippen molar-refractivity contribution in [3.05, 3.63) is 29.8 Å². The quantitative estimate of drug-likeness (QED) is 0.823. The van der Waals surface area contributed by atoms with Gasteiger partial charge in [-0.1, -0.05) is 12.1 Å². The molecule has 21 heavy (non-hydrogen) atoms. The van der Waals surface area contributed by atoms with Crippen molar-refractivity contribution in [3.63, 3.8) is 0 Å². The largest absolute Gasteiger partial charge is 0.373 e. The molecule has 5 heteroatoms. The summed E-state index contributed by atoms with van der Waals surface area (Å²) in [5, 5.41) is 5.49. The van der Waals surface area contributed by atoms with Crippen LogP contribution in [0, 0.1) is 0 Å². The molecular weight excluding hydrogens is 266 g/mol. The van der Waals surface area contributed by atoms with Gasteiger partial charge in [0.15, 0.2) is 0 Å². The van der Waals surface area contributed by atoms with Crippen LogP contribution in [-0.4, -0.2) is 42.9 Å². The van der Waals surface area contributed by atoms with Crippen molar-refractivity contribution >= 4 is 17.5 Å². The van der Waals surface area contributed by atoms with Crippen molar-refractivity contribution in [1.29, 1.82) is 0 Å². The smallest absolute Gasteiger partial charge is 0.249 e. The molecule has 2 aliphatic rings. The highest BCUT2D eigenvalue weighted by molar-refractivity contribution is 6.06. The summed E-state index contributed by atoms with van der Waals surface area (Å²) in [7, 11) is 2.16. The summed E-state index contributed by atoms with van der Waals surface area (Å²) in [6, 6.07) is 7.80. The van der Waals surface area contributed by atoms with Crippen molar-refractivity contribution in [2.75, 3.05) is 25.5 Å². The lowest BCUT2D eigenvalue weighted by Crippen LogP contribution is -2.30. The maximum Gasteiger partial charge on any atom is 0.249 e. The standard InChI is InChI=1S/C16H21N3O2/c1-19-7-5-11(6-8-19)12-3-2-4-13(9-12)17-14-10-15(20)18-16(14)21/h2-4,9,11,14,17H,5-8,10H2,1H3,(H,18,20,21). The second kappa shape index (κ2) is 5.85. The predicted molar refractivity (Wildman–Crippen MR) is 81.1 cm³/mol. The van der Waals surface area contributed by atoms with Gasteiger partial charge in [-0.25, -0.2) is 0 Å². The van der Waals surface area contributed by atoms with E-state index in [4.69, 9.17) is 0 Å². The van der Waals surface area contributed by atoms with E-state index in [2.05, 4.69) is 34.7 Å². The fraction of sp³-hybridized carbons (Fsp3) is 0.500. The summed E-state index contributed by atoms with van der Waals surface area (Å²) in [5.41, 5.74) is 2.24. The van der Waals surface area contributed by atoms with Crippen LogP contribution in [-0.2, 0) is 9.59 Å². The zero-order valence-corrected chi connectivity index (χ0v) is 12.3. The number of carbonyl (C=O) groups excluding carboxylic acids is 2. The third-order valence-electron chi connectivity index (χ3n) is 4.39. The molecule has 1 unspecified atom stereocenters. The summed E-state index contributed by atoms with van der Waals surface area (Å²) in [6.07, 6.45) is 2.56. The van der Waals surface area contributed by atoms with E-state index < -0.39 is 6.04 Å². The van der Waals surface area contributed by atoms with Gasteiger partial charge in [0.1, 0.15) is 6.04 Å². The predicted octanol–water partition coefficient (Wildman–Crippen LogP) is 1.32. The lowest BCUT2D eigenvalue weighted by Gasteiger charge is -2.29. The Hall–Kier alpha value is -1.88. The second-order valence-electron chi connectivity index (χ2n) is 6.02. The van der Waals surface area contributed by atoms with E-state index in [1.54, 1.807) is 0 Å². The lowest BCUT2D eigenvalue weighted by molar-refractivity contribution is -0.124. The Labute approximate surface area is 124 Å². The summed E-state index contributed by atoms with van der Waals surface area (Å²) < 4.78 is 0. The maximum atomic E-state index is 11.6. The number of nitrogens with one attached hydrogen (secondary N) is 2. The molecule has 2 saturated heterocycles. The van der Waals surface area contributed by atoms with E-state index in [0.29, 0.717) is 5.92 Å². The number of anilines is 1. The van der Waals surface area contributed by atoms with Crippen molar-refractivity contribution in [1.82, 2.24) is 10.2 Å². The molecule has 0 spiro atoms. The zero-order chi connectivity index (χ0) is 14.8. The number of imide groups is 1. The van der Waals surface area contributed by atoms with E-state index in [-0.39, 0.29) is 18.2 Å². The van der Waals surface area contributed by atoms with Crippen LogP contribution in [0.5, 0.6) is 0 Å². The van der Waals surface area contributed by atoms with Gasteiger partial charge in [0, 0.05) is 5.69 Å². The summed E-state index contributed by atoms with van der Waals surface area (Å²) in [5.74, 6) is 0.149. The molecule has 0 aromatic heterocycles. The first kappa shape index (κ1) is 14.1. The number of piperidine rings is 1. The molecule has 2 fully saturated rings. The minimum absolute atomic E-state index is 0.205. The van der Waals surface area contributed by atoms with Crippen LogP contribution < -0.4 is 10.6 Å². The molecule has 1 atom stereocenters. The van der Waals surface area contributed by atoms with Crippen molar-refractivity contribution < 1.29 is 9.59 Å². The normalized spacial score (nSPS) is 24.1. The molecule has 2 amide bonds. The van der Waals surface area contributed by atoms with Crippen LogP contribution in [0.3, 0.4) is 0 Å². The van der Waals surface area contributed by atoms with Gasteiger partial charge in [0.05, 0.1) is 6.42 Å². The maximum absolute atomic E-state index is 11.6. The Morgan fingerprint density at radius 3 is 2.67 bits per heavy atom. The van der Waals surface area contributed by atoms with Crippen LogP contribution in [0.2, 0.25) is 0 Å². The highest BCUT2D eigenvalue weighted by Gasteiger charge is 2.30. The first-order valence-corrected chi connectivity index (χ1v) is 7.50. The van der Waals surface area contributed by atoms with Gasteiger partial charge in [-0.05, 0) is 56.6 Å². The molecule has 1 aromatic rings. The van der Waals surface area contributed by atoms with Crippen LogP contribution in [0.1, 0.15) is 30.7 Å². The Morgan fingerprint density at radius 2 is 2.00 bits per heavy atom. The van der Waals surface area contributed by atoms with E-state index in [9.17, 15) is 9.59 Å². The van der Waals surface area contributed by atoms with Crippen LogP contribution in [0.4, 0.5) is 5.69 Å². The molecule has 0 aliphatic carbocycles. The second-order valence-corrected chi connectivity index (χ2v) is 6.02. The van der Waals surface area contributed by atoms with Crippen molar-refractivity contribution in [2.24, 2.45) is 0 Å². The number of hydrogen-bond donors (Lipinski definition) is 2. The fourth-order valence-electron chi connectivity index (χ4n) is 3.10. The average molecular weight is 287 g/mol. The molecule has 2 N–H and O–H groups in total. The third kappa shape index (κ3) is 3.24. The summed E-state index contributed by atoms with van der Waals surface area (Å²) >= 11 is 0. The third-order valence-corrected chi connectivity index (χ3v) is 4.39. The van der Waals surface area contributed by atoms with Gasteiger partial charge in [-0.15, -0.1) is 0 Å². The van der Waals surface area contributed by atoms with Gasteiger partial charge in [0.25, 0.3) is 0 Å². The Kier molecular flexibility index (Phi) is 3.92. The van der Waals surface area contributed by atoms with E-state index in [0.717, 1.165) is 18.8 Å². The molecular formula is C16H21N3O2. The molecule has 112 valence electrons. The highest BCUT2D eigenvalue weighted by Crippen LogP contribution is 2.29. The Bertz CT molecular complexity index is 550. The highest BCUT2D eigenvalue weighted by atomic mass is 16.2. The Balaban J connectivity index is 1.68. The number of hydrogen-bond acceptors (Lipinski definition) is 4. The van der Waals surface area contributed by atoms with E-state index in [1.165, 1.54) is 18.4 Å². The van der Waals surface area contributed by atoms with Crippen LogP contribution in [0.25, 0.3) is 0 Å². The van der Waals surface area contributed by atoms with Gasteiger partial charge < -0.3 is 10.2 Å². The molecule has 2 heterocycles. The van der Waals surface area contributed by atoms with Crippen molar-refractivity contribution in [2.45, 2.75) is 31.2 Å². The number of likely N-dealkylation sites (tertiary alicyclic amines) is 1. The van der Waals surface area contributed by atoms with Gasteiger partial charge in [-0.3, -0.25) is 14.9 Å². The van der Waals surface area contributed by atoms with Crippen LogP contribution in [0.15, 0.2) is 24.3 Å². The summed E-state index contributed by atoms with van der Waals surface area (Å²) in [6.45, 7) is 2.25. The minimum Gasteiger partial charge on any atom is -0.373 e. The number of amides is 2. The molecule has 1 aromatic carbocycles.